The zero-order valence-corrected chi connectivity index (χ0v) is 11.8. The zero-order valence-electron chi connectivity index (χ0n) is 11.8. The minimum Gasteiger partial charge on any atom is -0.338 e. The number of nitrogens with zero attached hydrogens (tertiary/aromatic N) is 2. The van der Waals surface area contributed by atoms with Gasteiger partial charge in [-0.15, -0.1) is 0 Å². The number of amides is 1. The second-order valence-electron chi connectivity index (χ2n) is 5.22. The summed E-state index contributed by atoms with van der Waals surface area (Å²) in [6.07, 6.45) is 0.973. The molecule has 0 radical (unpaired) electrons. The number of carbonyl (C=O) groups is 1. The van der Waals surface area contributed by atoms with Gasteiger partial charge in [-0.05, 0) is 38.9 Å². The van der Waals surface area contributed by atoms with Crippen molar-refractivity contribution in [3.63, 3.8) is 0 Å². The summed E-state index contributed by atoms with van der Waals surface area (Å²) in [7, 11) is 1.90. The second-order valence-corrected chi connectivity index (χ2v) is 5.22. The highest BCUT2D eigenvalue weighted by Gasteiger charge is 2.27. The first-order chi connectivity index (χ1) is 9.52. The molecule has 1 amide bonds. The number of nitro groups is 1. The summed E-state index contributed by atoms with van der Waals surface area (Å²) >= 11 is 0. The molecule has 0 aromatic heterocycles. The number of nitrogens with one attached hydrogen (secondary N) is 1. The van der Waals surface area contributed by atoms with Gasteiger partial charge in [-0.2, -0.15) is 0 Å². The fourth-order valence-corrected chi connectivity index (χ4v) is 2.59. The summed E-state index contributed by atoms with van der Waals surface area (Å²) in [6.45, 7) is 3.98. The van der Waals surface area contributed by atoms with E-state index in [9.17, 15) is 14.9 Å². The summed E-state index contributed by atoms with van der Waals surface area (Å²) in [4.78, 5) is 24.6. The van der Waals surface area contributed by atoms with E-state index in [1.54, 1.807) is 24.0 Å². The summed E-state index contributed by atoms with van der Waals surface area (Å²) < 4.78 is 0. The third-order valence-corrected chi connectivity index (χ3v) is 3.72. The van der Waals surface area contributed by atoms with Gasteiger partial charge >= 0.3 is 0 Å². The van der Waals surface area contributed by atoms with Crippen LogP contribution in [0.15, 0.2) is 18.2 Å². The molecule has 1 heterocycles. The van der Waals surface area contributed by atoms with E-state index in [2.05, 4.69) is 5.32 Å². The number of hydrogen-bond acceptors (Lipinski definition) is 4. The molecule has 0 aliphatic carbocycles. The molecule has 1 aliphatic heterocycles. The molecule has 1 unspecified atom stereocenters. The van der Waals surface area contributed by atoms with Gasteiger partial charge in [-0.3, -0.25) is 14.9 Å². The first-order valence-electron chi connectivity index (χ1n) is 6.72. The third-order valence-electron chi connectivity index (χ3n) is 3.72. The fraction of sp³-hybridized carbons (Fsp3) is 0.500. The molecule has 1 aromatic carbocycles. The minimum atomic E-state index is -0.445. The van der Waals surface area contributed by atoms with Gasteiger partial charge in [-0.1, -0.05) is 6.07 Å². The molecule has 20 heavy (non-hydrogen) atoms. The Morgan fingerprint density at radius 3 is 2.95 bits per heavy atom. The van der Waals surface area contributed by atoms with Crippen LogP contribution in [0.1, 0.15) is 22.3 Å². The molecule has 0 bridgehead atoms. The quantitative estimate of drug-likeness (QED) is 0.669. The Bertz CT molecular complexity index is 530. The van der Waals surface area contributed by atoms with Crippen molar-refractivity contribution in [1.29, 1.82) is 0 Å². The van der Waals surface area contributed by atoms with Crippen LogP contribution in [0, 0.1) is 23.0 Å². The van der Waals surface area contributed by atoms with E-state index in [0.717, 1.165) is 13.0 Å². The number of rotatable bonds is 4. The molecule has 1 N–H and O–H groups in total. The van der Waals surface area contributed by atoms with E-state index in [-0.39, 0.29) is 11.6 Å². The first kappa shape index (κ1) is 14.5. The number of likely N-dealkylation sites (tertiary alicyclic amines) is 1. The van der Waals surface area contributed by atoms with E-state index in [1.165, 1.54) is 6.07 Å². The van der Waals surface area contributed by atoms with Gasteiger partial charge < -0.3 is 10.2 Å². The average Bonchev–Trinajstić information content (AvgIpc) is 2.87. The van der Waals surface area contributed by atoms with Gasteiger partial charge in [0.1, 0.15) is 0 Å². The molecule has 1 saturated heterocycles. The summed E-state index contributed by atoms with van der Waals surface area (Å²) in [5.74, 6) is 0.344. The molecule has 6 nitrogen and oxygen atoms in total. The van der Waals surface area contributed by atoms with Crippen molar-refractivity contribution in [2.24, 2.45) is 5.92 Å². The lowest BCUT2D eigenvalue weighted by atomic mass is 10.1. The smallest absolute Gasteiger partial charge is 0.273 e. The maximum Gasteiger partial charge on any atom is 0.273 e. The van der Waals surface area contributed by atoms with E-state index < -0.39 is 4.92 Å². The molecular weight excluding hydrogens is 258 g/mol. The van der Waals surface area contributed by atoms with Crippen molar-refractivity contribution in [3.8, 4) is 0 Å². The van der Waals surface area contributed by atoms with Crippen LogP contribution in [0.5, 0.6) is 0 Å². The van der Waals surface area contributed by atoms with Crippen LogP contribution in [-0.2, 0) is 0 Å². The molecule has 1 atom stereocenters. The number of benzene rings is 1. The molecule has 108 valence electrons. The zero-order chi connectivity index (χ0) is 14.7. The standard InChI is InChI=1S/C14H19N3O3/c1-10-3-4-12(7-13(10)17(19)20)14(18)16-6-5-11(9-16)8-15-2/h3-4,7,11,15H,5-6,8-9H2,1-2H3. The first-order valence-corrected chi connectivity index (χ1v) is 6.72. The van der Waals surface area contributed by atoms with E-state index in [4.69, 9.17) is 0 Å². The van der Waals surface area contributed by atoms with E-state index in [0.29, 0.717) is 30.1 Å². The number of carbonyl (C=O) groups excluding carboxylic acids is 1. The molecule has 1 fully saturated rings. The molecule has 1 aromatic rings. The van der Waals surface area contributed by atoms with Crippen LogP contribution in [0.25, 0.3) is 0 Å². The Kier molecular flexibility index (Phi) is 4.34. The van der Waals surface area contributed by atoms with Crippen LogP contribution >= 0.6 is 0 Å². The Morgan fingerprint density at radius 2 is 2.30 bits per heavy atom. The largest absolute Gasteiger partial charge is 0.338 e. The van der Waals surface area contributed by atoms with Gasteiger partial charge in [0.05, 0.1) is 4.92 Å². The molecule has 2 rings (SSSR count). The van der Waals surface area contributed by atoms with Crippen molar-refractivity contribution in [1.82, 2.24) is 10.2 Å². The van der Waals surface area contributed by atoms with Crippen molar-refractivity contribution in [3.05, 3.63) is 39.4 Å². The number of hydrogen-bond donors (Lipinski definition) is 1. The predicted molar refractivity (Wildman–Crippen MR) is 75.8 cm³/mol. The topological polar surface area (TPSA) is 75.5 Å². The van der Waals surface area contributed by atoms with Crippen molar-refractivity contribution in [2.75, 3.05) is 26.7 Å². The highest BCUT2D eigenvalue weighted by atomic mass is 16.6. The van der Waals surface area contributed by atoms with Gasteiger partial charge in [-0.25, -0.2) is 0 Å². The van der Waals surface area contributed by atoms with Crippen LogP contribution in [0.2, 0.25) is 0 Å². The van der Waals surface area contributed by atoms with Crippen LogP contribution in [0.3, 0.4) is 0 Å². The van der Waals surface area contributed by atoms with E-state index in [1.807, 2.05) is 7.05 Å². The normalized spacial score (nSPS) is 18.3. The maximum atomic E-state index is 12.4. The third kappa shape index (κ3) is 2.96. The lowest BCUT2D eigenvalue weighted by molar-refractivity contribution is -0.385. The molecule has 0 saturated carbocycles. The Labute approximate surface area is 117 Å². The second kappa shape index (κ2) is 6.00. The van der Waals surface area contributed by atoms with E-state index >= 15 is 0 Å². The Morgan fingerprint density at radius 1 is 1.55 bits per heavy atom. The predicted octanol–water partition coefficient (Wildman–Crippen LogP) is 1.58. The van der Waals surface area contributed by atoms with Crippen LogP contribution < -0.4 is 5.32 Å². The number of nitro benzene ring substituents is 1. The van der Waals surface area contributed by atoms with Gasteiger partial charge in [0.2, 0.25) is 0 Å². The lowest BCUT2D eigenvalue weighted by Crippen LogP contribution is -2.30. The Hall–Kier alpha value is -1.95. The molecular formula is C14H19N3O3. The van der Waals surface area contributed by atoms with Crippen molar-refractivity contribution >= 4 is 11.6 Å². The summed E-state index contributed by atoms with van der Waals surface area (Å²) in [6, 6.07) is 4.67. The summed E-state index contributed by atoms with van der Waals surface area (Å²) in [5, 5.41) is 14.0. The maximum absolute atomic E-state index is 12.4. The van der Waals surface area contributed by atoms with Crippen LogP contribution in [-0.4, -0.2) is 42.4 Å². The lowest BCUT2D eigenvalue weighted by Gasteiger charge is -2.16. The van der Waals surface area contributed by atoms with Crippen molar-refractivity contribution < 1.29 is 9.72 Å². The minimum absolute atomic E-state index is 0.00169. The number of aryl methyl sites for hydroxylation is 1. The Balaban J connectivity index is 2.14. The molecule has 6 heteroatoms. The average molecular weight is 277 g/mol. The fourth-order valence-electron chi connectivity index (χ4n) is 2.59. The van der Waals surface area contributed by atoms with Gasteiger partial charge in [0, 0.05) is 30.3 Å². The van der Waals surface area contributed by atoms with Crippen LogP contribution in [0.4, 0.5) is 5.69 Å². The highest BCUT2D eigenvalue weighted by Crippen LogP contribution is 2.23. The van der Waals surface area contributed by atoms with Gasteiger partial charge in [0.15, 0.2) is 0 Å². The molecule has 1 aliphatic rings. The SMILES string of the molecule is CNCC1CCN(C(=O)c2ccc(C)c([N+](=O)[O-])c2)C1. The molecule has 0 spiro atoms. The van der Waals surface area contributed by atoms with Crippen molar-refractivity contribution in [2.45, 2.75) is 13.3 Å². The summed E-state index contributed by atoms with van der Waals surface area (Å²) in [5.41, 5.74) is 0.968. The highest BCUT2D eigenvalue weighted by molar-refractivity contribution is 5.95. The van der Waals surface area contributed by atoms with Gasteiger partial charge in [0.25, 0.3) is 11.6 Å². The monoisotopic (exact) mass is 277 g/mol.